The molecule has 0 aromatic rings. The molecular weight excluding hydrogens is 212 g/mol. The average Bonchev–Trinajstić information content (AvgIpc) is 2.72. The molecule has 3 atom stereocenters. The highest BCUT2D eigenvalue weighted by Gasteiger charge is 2.36. The molecule has 0 amide bonds. The van der Waals surface area contributed by atoms with Gasteiger partial charge in [0.15, 0.2) is 0 Å². The lowest BCUT2D eigenvalue weighted by atomic mass is 9.67. The summed E-state index contributed by atoms with van der Waals surface area (Å²) < 4.78 is 5.42. The zero-order chi connectivity index (χ0) is 12.5. The van der Waals surface area contributed by atoms with Crippen molar-refractivity contribution in [2.24, 2.45) is 23.2 Å². The van der Waals surface area contributed by atoms with Gasteiger partial charge in [0.25, 0.3) is 0 Å². The third-order valence-electron chi connectivity index (χ3n) is 4.63. The predicted molar refractivity (Wildman–Crippen MR) is 68.8 cm³/mol. The van der Waals surface area contributed by atoms with E-state index >= 15 is 0 Å². The summed E-state index contributed by atoms with van der Waals surface area (Å²) in [6, 6.07) is 0. The standard InChI is InChI=1S/C15H26O2/c1-15(2,3)13-4-5-14(16)12(9-13)8-11-6-7-17-10-11/h11-13H,4-10H2,1-3H3. The Labute approximate surface area is 105 Å². The maximum atomic E-state index is 12.0. The highest BCUT2D eigenvalue weighted by atomic mass is 16.5. The first-order valence-electron chi connectivity index (χ1n) is 7.07. The van der Waals surface area contributed by atoms with Gasteiger partial charge in [0.05, 0.1) is 0 Å². The lowest BCUT2D eigenvalue weighted by Gasteiger charge is -2.37. The van der Waals surface area contributed by atoms with Gasteiger partial charge >= 0.3 is 0 Å². The Morgan fingerprint density at radius 1 is 1.29 bits per heavy atom. The molecular formula is C15H26O2. The van der Waals surface area contributed by atoms with E-state index in [1.54, 1.807) is 0 Å². The van der Waals surface area contributed by atoms with Crippen molar-refractivity contribution in [3.63, 3.8) is 0 Å². The molecule has 2 aliphatic rings. The maximum Gasteiger partial charge on any atom is 0.136 e. The molecule has 1 aliphatic heterocycles. The van der Waals surface area contributed by atoms with E-state index < -0.39 is 0 Å². The van der Waals surface area contributed by atoms with Crippen molar-refractivity contribution in [3.8, 4) is 0 Å². The molecule has 0 bridgehead atoms. The first-order valence-corrected chi connectivity index (χ1v) is 7.07. The molecule has 3 unspecified atom stereocenters. The molecule has 2 fully saturated rings. The van der Waals surface area contributed by atoms with E-state index in [1.807, 2.05) is 0 Å². The predicted octanol–water partition coefficient (Wildman–Crippen LogP) is 3.44. The summed E-state index contributed by atoms with van der Waals surface area (Å²) in [5.74, 6) is 2.19. The minimum absolute atomic E-state index is 0.319. The number of carbonyl (C=O) groups excluding carboxylic acids is 1. The molecule has 98 valence electrons. The summed E-state index contributed by atoms with van der Waals surface area (Å²) in [6.45, 7) is 8.70. The SMILES string of the molecule is CC(C)(C)C1CCC(=O)C(CC2CCOC2)C1. The Hall–Kier alpha value is -0.370. The van der Waals surface area contributed by atoms with Crippen molar-refractivity contribution in [2.45, 2.75) is 52.9 Å². The van der Waals surface area contributed by atoms with Gasteiger partial charge < -0.3 is 4.74 Å². The van der Waals surface area contributed by atoms with Crippen LogP contribution in [0.25, 0.3) is 0 Å². The monoisotopic (exact) mass is 238 g/mol. The smallest absolute Gasteiger partial charge is 0.136 e. The number of Topliss-reactive ketones (excluding diaryl/α,β-unsaturated/α-hetero) is 1. The van der Waals surface area contributed by atoms with E-state index in [0.717, 1.165) is 45.3 Å². The highest BCUT2D eigenvalue weighted by Crippen LogP contribution is 2.41. The van der Waals surface area contributed by atoms with E-state index in [2.05, 4.69) is 20.8 Å². The van der Waals surface area contributed by atoms with Gasteiger partial charge in [0.2, 0.25) is 0 Å². The van der Waals surface area contributed by atoms with Crippen LogP contribution < -0.4 is 0 Å². The van der Waals surface area contributed by atoms with E-state index in [9.17, 15) is 4.79 Å². The van der Waals surface area contributed by atoms with Crippen molar-refractivity contribution >= 4 is 5.78 Å². The van der Waals surface area contributed by atoms with Gasteiger partial charge in [0, 0.05) is 25.6 Å². The summed E-state index contributed by atoms with van der Waals surface area (Å²) in [5.41, 5.74) is 0.352. The van der Waals surface area contributed by atoms with Gasteiger partial charge in [-0.25, -0.2) is 0 Å². The van der Waals surface area contributed by atoms with Crippen LogP contribution in [0.2, 0.25) is 0 Å². The van der Waals surface area contributed by atoms with Gasteiger partial charge in [-0.1, -0.05) is 20.8 Å². The molecule has 0 spiro atoms. The lowest BCUT2D eigenvalue weighted by molar-refractivity contribution is -0.127. The van der Waals surface area contributed by atoms with Gasteiger partial charge in [0.1, 0.15) is 5.78 Å². The lowest BCUT2D eigenvalue weighted by Crippen LogP contribution is -2.33. The number of ketones is 1. The second-order valence-electron chi connectivity index (χ2n) is 6.97. The summed E-state index contributed by atoms with van der Waals surface area (Å²) in [4.78, 5) is 12.0. The third-order valence-corrected chi connectivity index (χ3v) is 4.63. The third kappa shape index (κ3) is 3.31. The molecule has 1 heterocycles. The molecule has 2 nitrogen and oxygen atoms in total. The molecule has 1 saturated heterocycles. The van der Waals surface area contributed by atoms with Crippen LogP contribution in [0.5, 0.6) is 0 Å². The maximum absolute atomic E-state index is 12.0. The summed E-state index contributed by atoms with van der Waals surface area (Å²) >= 11 is 0. The second kappa shape index (κ2) is 5.09. The number of hydrogen-bond donors (Lipinski definition) is 0. The Morgan fingerprint density at radius 2 is 2.06 bits per heavy atom. The normalized spacial score (nSPS) is 35.2. The Balaban J connectivity index is 1.92. The summed E-state index contributed by atoms with van der Waals surface area (Å²) in [5, 5.41) is 0. The largest absolute Gasteiger partial charge is 0.381 e. The molecule has 0 radical (unpaired) electrons. The molecule has 0 aromatic carbocycles. The van der Waals surface area contributed by atoms with Gasteiger partial charge in [-0.2, -0.15) is 0 Å². The Bertz CT molecular complexity index is 271. The van der Waals surface area contributed by atoms with Crippen LogP contribution in [-0.4, -0.2) is 19.0 Å². The molecule has 0 aromatic heterocycles. The van der Waals surface area contributed by atoms with Crippen molar-refractivity contribution in [3.05, 3.63) is 0 Å². The highest BCUT2D eigenvalue weighted by molar-refractivity contribution is 5.81. The van der Waals surface area contributed by atoms with Gasteiger partial charge in [-0.3, -0.25) is 4.79 Å². The first kappa shape index (κ1) is 13.1. The van der Waals surface area contributed by atoms with Crippen molar-refractivity contribution in [2.75, 3.05) is 13.2 Å². The van der Waals surface area contributed by atoms with Crippen LogP contribution in [0.4, 0.5) is 0 Å². The van der Waals surface area contributed by atoms with Crippen LogP contribution in [0.1, 0.15) is 52.9 Å². The van der Waals surface area contributed by atoms with Crippen LogP contribution in [0, 0.1) is 23.2 Å². The molecule has 1 saturated carbocycles. The molecule has 2 heteroatoms. The molecule has 2 rings (SSSR count). The zero-order valence-electron chi connectivity index (χ0n) is 11.5. The molecule has 17 heavy (non-hydrogen) atoms. The van der Waals surface area contributed by atoms with E-state index in [1.165, 1.54) is 0 Å². The Kier molecular flexibility index (Phi) is 3.92. The molecule has 0 N–H and O–H groups in total. The second-order valence-corrected chi connectivity index (χ2v) is 6.97. The van der Waals surface area contributed by atoms with Crippen LogP contribution in [0.3, 0.4) is 0 Å². The van der Waals surface area contributed by atoms with E-state index in [-0.39, 0.29) is 0 Å². The van der Waals surface area contributed by atoms with Crippen molar-refractivity contribution in [1.82, 2.24) is 0 Å². The van der Waals surface area contributed by atoms with Crippen molar-refractivity contribution < 1.29 is 9.53 Å². The fourth-order valence-corrected chi connectivity index (χ4v) is 3.30. The average molecular weight is 238 g/mol. The van der Waals surface area contributed by atoms with Crippen LogP contribution in [-0.2, 0) is 9.53 Å². The summed E-state index contributed by atoms with van der Waals surface area (Å²) in [7, 11) is 0. The molecule has 1 aliphatic carbocycles. The van der Waals surface area contributed by atoms with Crippen LogP contribution in [0.15, 0.2) is 0 Å². The number of rotatable bonds is 2. The zero-order valence-corrected chi connectivity index (χ0v) is 11.5. The topological polar surface area (TPSA) is 26.3 Å². The number of ether oxygens (including phenoxy) is 1. The van der Waals surface area contributed by atoms with Crippen molar-refractivity contribution in [1.29, 1.82) is 0 Å². The minimum Gasteiger partial charge on any atom is -0.381 e. The minimum atomic E-state index is 0.319. The fraction of sp³-hybridized carbons (Fsp3) is 0.933. The van der Waals surface area contributed by atoms with E-state index in [4.69, 9.17) is 4.74 Å². The van der Waals surface area contributed by atoms with Gasteiger partial charge in [-0.05, 0) is 42.9 Å². The van der Waals surface area contributed by atoms with E-state index in [0.29, 0.717) is 29.0 Å². The summed E-state index contributed by atoms with van der Waals surface area (Å²) in [6.07, 6.45) is 5.24. The fourth-order valence-electron chi connectivity index (χ4n) is 3.30. The Morgan fingerprint density at radius 3 is 2.65 bits per heavy atom. The van der Waals surface area contributed by atoms with Crippen LogP contribution >= 0.6 is 0 Å². The quantitative estimate of drug-likeness (QED) is 0.736. The number of hydrogen-bond acceptors (Lipinski definition) is 2. The first-order chi connectivity index (χ1) is 7.97. The van der Waals surface area contributed by atoms with Gasteiger partial charge in [-0.15, -0.1) is 0 Å². The number of carbonyl (C=O) groups is 1.